The van der Waals surface area contributed by atoms with Crippen LogP contribution in [0, 0.1) is 13.8 Å². The van der Waals surface area contributed by atoms with Crippen LogP contribution in [0.2, 0.25) is 0 Å². The largest absolute Gasteiger partial charge is 0.455 e. The second kappa shape index (κ2) is 8.77. The molecule has 8 heteroatoms. The van der Waals surface area contributed by atoms with Crippen LogP contribution in [0.3, 0.4) is 0 Å². The van der Waals surface area contributed by atoms with E-state index in [9.17, 15) is 4.79 Å². The van der Waals surface area contributed by atoms with Gasteiger partial charge in [-0.25, -0.2) is 9.97 Å². The summed E-state index contributed by atoms with van der Waals surface area (Å²) in [5, 5.41) is 4.49. The standard InChI is InChI=1S/C19H20N4O3S/c1-4-14-5-7-15(8-6-14)18-22-16(26-23-18)10-25-17(24)11-27-19-20-12(2)9-13(3)21-19/h5-9H,4,10-11H2,1-3H3. The van der Waals surface area contributed by atoms with Gasteiger partial charge in [-0.15, -0.1) is 0 Å². The van der Waals surface area contributed by atoms with Crippen LogP contribution in [0.4, 0.5) is 0 Å². The number of ether oxygens (including phenoxy) is 1. The number of hydrogen-bond acceptors (Lipinski definition) is 8. The molecule has 0 fully saturated rings. The molecule has 0 bridgehead atoms. The number of aromatic nitrogens is 4. The highest BCUT2D eigenvalue weighted by Gasteiger charge is 2.12. The number of aryl methyl sites for hydroxylation is 3. The summed E-state index contributed by atoms with van der Waals surface area (Å²) in [6.45, 7) is 5.81. The number of carbonyl (C=O) groups is 1. The summed E-state index contributed by atoms with van der Waals surface area (Å²) < 4.78 is 10.3. The topological polar surface area (TPSA) is 91.0 Å². The maximum atomic E-state index is 11.9. The van der Waals surface area contributed by atoms with Gasteiger partial charge in [0.15, 0.2) is 11.8 Å². The zero-order valence-electron chi connectivity index (χ0n) is 15.4. The Hall–Kier alpha value is -2.74. The van der Waals surface area contributed by atoms with Gasteiger partial charge in [0.1, 0.15) is 0 Å². The van der Waals surface area contributed by atoms with E-state index < -0.39 is 5.97 Å². The Morgan fingerprint density at radius 3 is 2.48 bits per heavy atom. The van der Waals surface area contributed by atoms with Crippen molar-refractivity contribution < 1.29 is 14.1 Å². The summed E-state index contributed by atoms with van der Waals surface area (Å²) >= 11 is 1.23. The molecule has 0 N–H and O–H groups in total. The number of carbonyl (C=O) groups excluding carboxylic acids is 1. The van der Waals surface area contributed by atoms with Crippen molar-refractivity contribution in [3.05, 3.63) is 53.2 Å². The molecule has 0 amide bonds. The molecule has 0 unspecified atom stereocenters. The Labute approximate surface area is 161 Å². The van der Waals surface area contributed by atoms with Gasteiger partial charge in [0.25, 0.3) is 5.89 Å². The normalized spacial score (nSPS) is 10.8. The van der Waals surface area contributed by atoms with Crippen LogP contribution in [0.15, 0.2) is 40.0 Å². The highest BCUT2D eigenvalue weighted by atomic mass is 32.2. The summed E-state index contributed by atoms with van der Waals surface area (Å²) in [6, 6.07) is 9.82. The first-order valence-electron chi connectivity index (χ1n) is 8.56. The Morgan fingerprint density at radius 2 is 1.81 bits per heavy atom. The minimum absolute atomic E-state index is 0.0624. The summed E-state index contributed by atoms with van der Waals surface area (Å²) in [5.74, 6) is 0.449. The molecule has 0 radical (unpaired) electrons. The maximum Gasteiger partial charge on any atom is 0.316 e. The van der Waals surface area contributed by atoms with Crippen molar-refractivity contribution in [2.75, 3.05) is 5.75 Å². The van der Waals surface area contributed by atoms with Gasteiger partial charge in [0.05, 0.1) is 5.75 Å². The zero-order valence-corrected chi connectivity index (χ0v) is 16.2. The highest BCUT2D eigenvalue weighted by Crippen LogP contribution is 2.18. The Bertz CT molecular complexity index is 905. The average molecular weight is 384 g/mol. The summed E-state index contributed by atoms with van der Waals surface area (Å²) in [7, 11) is 0. The van der Waals surface area contributed by atoms with Crippen LogP contribution in [-0.4, -0.2) is 31.8 Å². The van der Waals surface area contributed by atoms with E-state index in [0.717, 1.165) is 23.4 Å². The molecule has 1 aromatic carbocycles. The number of thioether (sulfide) groups is 1. The SMILES string of the molecule is CCc1ccc(-c2noc(COC(=O)CSc3nc(C)cc(C)n3)n2)cc1. The lowest BCUT2D eigenvalue weighted by molar-refractivity contribution is -0.142. The molecule has 3 aromatic rings. The molecule has 7 nitrogen and oxygen atoms in total. The van der Waals surface area contributed by atoms with Crippen LogP contribution in [0.1, 0.15) is 29.8 Å². The van der Waals surface area contributed by atoms with E-state index in [1.807, 2.05) is 44.2 Å². The number of rotatable bonds is 7. The van der Waals surface area contributed by atoms with Crippen molar-refractivity contribution in [2.45, 2.75) is 39.0 Å². The van der Waals surface area contributed by atoms with Crippen LogP contribution in [0.5, 0.6) is 0 Å². The fourth-order valence-electron chi connectivity index (χ4n) is 2.39. The van der Waals surface area contributed by atoms with Gasteiger partial charge in [0.2, 0.25) is 5.82 Å². The summed E-state index contributed by atoms with van der Waals surface area (Å²) in [6.07, 6.45) is 0.971. The molecular formula is C19H20N4O3S. The maximum absolute atomic E-state index is 11.9. The minimum Gasteiger partial charge on any atom is -0.455 e. The fourth-order valence-corrected chi connectivity index (χ4v) is 3.13. The minimum atomic E-state index is -0.394. The molecule has 0 spiro atoms. The molecule has 140 valence electrons. The monoisotopic (exact) mass is 384 g/mol. The van der Waals surface area contributed by atoms with Crippen molar-refractivity contribution in [1.29, 1.82) is 0 Å². The number of hydrogen-bond donors (Lipinski definition) is 0. The van der Waals surface area contributed by atoms with Crippen molar-refractivity contribution in [3.8, 4) is 11.4 Å². The second-order valence-corrected chi connectivity index (χ2v) is 6.89. The summed E-state index contributed by atoms with van der Waals surface area (Å²) in [5.41, 5.74) is 3.82. The quantitative estimate of drug-likeness (QED) is 0.347. The van der Waals surface area contributed by atoms with Crippen LogP contribution < -0.4 is 0 Å². The first kappa shape index (κ1) is 19.0. The fraction of sp³-hybridized carbons (Fsp3) is 0.316. The summed E-state index contributed by atoms with van der Waals surface area (Å²) in [4.78, 5) is 24.7. The number of esters is 1. The first-order chi connectivity index (χ1) is 13.0. The van der Waals surface area contributed by atoms with Gasteiger partial charge in [-0.1, -0.05) is 48.1 Å². The molecule has 27 heavy (non-hydrogen) atoms. The molecule has 0 atom stereocenters. The van der Waals surface area contributed by atoms with Crippen molar-refractivity contribution in [1.82, 2.24) is 20.1 Å². The molecule has 2 aromatic heterocycles. The van der Waals surface area contributed by atoms with E-state index in [0.29, 0.717) is 11.0 Å². The van der Waals surface area contributed by atoms with E-state index >= 15 is 0 Å². The molecule has 0 aliphatic carbocycles. The van der Waals surface area contributed by atoms with Crippen LogP contribution in [0.25, 0.3) is 11.4 Å². The van der Waals surface area contributed by atoms with Gasteiger partial charge in [-0.2, -0.15) is 4.98 Å². The zero-order chi connectivity index (χ0) is 19.2. The Balaban J connectivity index is 1.51. The van der Waals surface area contributed by atoms with Crippen molar-refractivity contribution in [2.24, 2.45) is 0 Å². The third kappa shape index (κ3) is 5.37. The second-order valence-electron chi connectivity index (χ2n) is 5.94. The molecular weight excluding hydrogens is 364 g/mol. The molecule has 0 saturated carbocycles. The molecule has 0 saturated heterocycles. The van der Waals surface area contributed by atoms with E-state index in [-0.39, 0.29) is 18.3 Å². The predicted molar refractivity (Wildman–Crippen MR) is 101 cm³/mol. The Kier molecular flexibility index (Phi) is 6.18. The lowest BCUT2D eigenvalue weighted by Crippen LogP contribution is -2.08. The predicted octanol–water partition coefficient (Wildman–Crippen LogP) is 3.54. The third-order valence-corrected chi connectivity index (χ3v) is 4.55. The average Bonchev–Trinajstić information content (AvgIpc) is 3.13. The van der Waals surface area contributed by atoms with Gasteiger partial charge in [0, 0.05) is 17.0 Å². The van der Waals surface area contributed by atoms with Gasteiger partial charge >= 0.3 is 5.97 Å². The number of benzene rings is 1. The molecule has 2 heterocycles. The van der Waals surface area contributed by atoms with E-state index in [4.69, 9.17) is 9.26 Å². The van der Waals surface area contributed by atoms with Gasteiger partial charge in [-0.05, 0) is 31.9 Å². The van der Waals surface area contributed by atoms with Crippen molar-refractivity contribution in [3.63, 3.8) is 0 Å². The molecule has 0 aliphatic rings. The van der Waals surface area contributed by atoms with E-state index in [1.54, 1.807) is 0 Å². The molecule has 3 rings (SSSR count). The van der Waals surface area contributed by atoms with Crippen LogP contribution in [-0.2, 0) is 22.6 Å². The van der Waals surface area contributed by atoms with Crippen LogP contribution >= 0.6 is 11.8 Å². The lowest BCUT2D eigenvalue weighted by Gasteiger charge is -2.03. The van der Waals surface area contributed by atoms with E-state index in [1.165, 1.54) is 17.3 Å². The lowest BCUT2D eigenvalue weighted by atomic mass is 10.1. The Morgan fingerprint density at radius 1 is 1.11 bits per heavy atom. The van der Waals surface area contributed by atoms with Gasteiger partial charge in [-0.3, -0.25) is 4.79 Å². The number of nitrogens with zero attached hydrogens (tertiary/aromatic N) is 4. The van der Waals surface area contributed by atoms with Crippen molar-refractivity contribution >= 4 is 17.7 Å². The smallest absolute Gasteiger partial charge is 0.316 e. The van der Waals surface area contributed by atoms with E-state index in [2.05, 4.69) is 27.0 Å². The first-order valence-corrected chi connectivity index (χ1v) is 9.54. The third-order valence-electron chi connectivity index (χ3n) is 3.73. The van der Waals surface area contributed by atoms with Gasteiger partial charge < -0.3 is 9.26 Å². The molecule has 0 aliphatic heterocycles. The highest BCUT2D eigenvalue weighted by molar-refractivity contribution is 7.99.